The van der Waals surface area contributed by atoms with Gasteiger partial charge in [-0.15, -0.1) is 0 Å². The van der Waals surface area contributed by atoms with Gasteiger partial charge < -0.3 is 5.32 Å². The molecule has 1 aliphatic rings. The van der Waals surface area contributed by atoms with Crippen molar-refractivity contribution < 1.29 is 0 Å². The number of hydrogen-bond acceptors (Lipinski definition) is 1. The molecular formula is C15H21N. The van der Waals surface area contributed by atoms with Gasteiger partial charge in [-0.3, -0.25) is 0 Å². The van der Waals surface area contributed by atoms with E-state index in [1.165, 1.54) is 24.0 Å². The van der Waals surface area contributed by atoms with E-state index in [9.17, 15) is 0 Å². The van der Waals surface area contributed by atoms with E-state index < -0.39 is 0 Å². The van der Waals surface area contributed by atoms with Crippen LogP contribution in [0, 0.1) is 0 Å². The van der Waals surface area contributed by atoms with Crippen molar-refractivity contribution in [2.45, 2.75) is 38.6 Å². The van der Waals surface area contributed by atoms with Crippen LogP contribution < -0.4 is 5.32 Å². The predicted octanol–water partition coefficient (Wildman–Crippen LogP) is 3.49. The summed E-state index contributed by atoms with van der Waals surface area (Å²) in [5, 5.41) is 3.54. The van der Waals surface area contributed by atoms with Crippen LogP contribution in [0.15, 0.2) is 42.0 Å². The van der Waals surface area contributed by atoms with Crippen LogP contribution in [0.2, 0.25) is 0 Å². The van der Waals surface area contributed by atoms with Gasteiger partial charge in [0, 0.05) is 12.6 Å². The second kappa shape index (κ2) is 5.31. The summed E-state index contributed by atoms with van der Waals surface area (Å²) in [5.74, 6) is 0.516. The second-order valence-corrected chi connectivity index (χ2v) is 4.87. The van der Waals surface area contributed by atoms with E-state index in [-0.39, 0.29) is 0 Å². The van der Waals surface area contributed by atoms with Crippen LogP contribution in [0.1, 0.15) is 38.2 Å². The molecule has 16 heavy (non-hydrogen) atoms. The van der Waals surface area contributed by atoms with Crippen molar-refractivity contribution >= 4 is 0 Å². The van der Waals surface area contributed by atoms with Gasteiger partial charge in [-0.05, 0) is 31.2 Å². The fourth-order valence-corrected chi connectivity index (χ4v) is 1.93. The van der Waals surface area contributed by atoms with Crippen LogP contribution in [0.4, 0.5) is 0 Å². The zero-order valence-electron chi connectivity index (χ0n) is 10.2. The number of hydrogen-bond donors (Lipinski definition) is 1. The lowest BCUT2D eigenvalue weighted by Crippen LogP contribution is -2.18. The van der Waals surface area contributed by atoms with Crippen LogP contribution in [0.5, 0.6) is 0 Å². The minimum Gasteiger partial charge on any atom is -0.310 e. The Bertz CT molecular complexity index is 349. The molecule has 1 unspecified atom stereocenters. The number of allylic oxidation sites excluding steroid dienone is 1. The molecule has 1 saturated carbocycles. The molecule has 1 nitrogen and oxygen atoms in total. The fraction of sp³-hybridized carbons (Fsp3) is 0.467. The van der Waals surface area contributed by atoms with Gasteiger partial charge >= 0.3 is 0 Å². The molecule has 1 N–H and O–H groups in total. The van der Waals surface area contributed by atoms with Gasteiger partial charge in [-0.25, -0.2) is 0 Å². The summed E-state index contributed by atoms with van der Waals surface area (Å²) in [6.07, 6.45) is 5.09. The van der Waals surface area contributed by atoms with E-state index in [0.717, 1.165) is 12.6 Å². The van der Waals surface area contributed by atoms with E-state index in [2.05, 4.69) is 55.6 Å². The monoisotopic (exact) mass is 215 g/mol. The maximum atomic E-state index is 3.54. The third-order valence-corrected chi connectivity index (χ3v) is 3.11. The van der Waals surface area contributed by atoms with Crippen LogP contribution >= 0.6 is 0 Å². The van der Waals surface area contributed by atoms with Gasteiger partial charge in [0.2, 0.25) is 0 Å². The predicted molar refractivity (Wildman–Crippen MR) is 69.6 cm³/mol. The van der Waals surface area contributed by atoms with Crippen molar-refractivity contribution in [3.05, 3.63) is 47.5 Å². The van der Waals surface area contributed by atoms with Gasteiger partial charge in [0.25, 0.3) is 0 Å². The van der Waals surface area contributed by atoms with E-state index >= 15 is 0 Å². The highest BCUT2D eigenvalue weighted by Gasteiger charge is 2.19. The van der Waals surface area contributed by atoms with Crippen LogP contribution in [0.25, 0.3) is 0 Å². The molecule has 0 spiro atoms. The average molecular weight is 215 g/mol. The minimum absolute atomic E-state index is 0.516. The lowest BCUT2D eigenvalue weighted by atomic mass is 9.99. The molecule has 1 atom stereocenters. The summed E-state index contributed by atoms with van der Waals surface area (Å²) in [6, 6.07) is 11.5. The van der Waals surface area contributed by atoms with Gasteiger partial charge in [-0.2, -0.15) is 0 Å². The maximum Gasteiger partial charge on any atom is 0.0164 e. The van der Waals surface area contributed by atoms with E-state index in [4.69, 9.17) is 0 Å². The molecule has 1 aromatic carbocycles. The number of nitrogens with one attached hydrogen (secondary N) is 1. The van der Waals surface area contributed by atoms with Crippen molar-refractivity contribution in [1.82, 2.24) is 5.32 Å². The first-order valence-corrected chi connectivity index (χ1v) is 6.21. The standard InChI is InChI=1S/C15H21N/c1-12(11-16-15-8-9-15)10-13(2)14-6-4-3-5-7-14/h3-7,10,13,15-16H,8-9,11H2,1-2H3/b12-10-. The largest absolute Gasteiger partial charge is 0.310 e. The topological polar surface area (TPSA) is 12.0 Å². The first kappa shape index (κ1) is 11.4. The molecule has 0 amide bonds. The Labute approximate surface area is 98.6 Å². The maximum absolute atomic E-state index is 3.54. The molecule has 1 fully saturated rings. The molecule has 1 heteroatoms. The Kier molecular flexibility index (Phi) is 3.79. The van der Waals surface area contributed by atoms with Crippen LogP contribution in [-0.2, 0) is 0 Å². The lowest BCUT2D eigenvalue weighted by molar-refractivity contribution is 0.728. The van der Waals surface area contributed by atoms with E-state index in [1.807, 2.05) is 0 Å². The molecular weight excluding hydrogens is 194 g/mol. The highest BCUT2D eigenvalue weighted by molar-refractivity contribution is 5.24. The summed E-state index contributed by atoms with van der Waals surface area (Å²) in [6.45, 7) is 5.52. The average Bonchev–Trinajstić information content (AvgIpc) is 3.11. The van der Waals surface area contributed by atoms with E-state index in [1.54, 1.807) is 0 Å². The smallest absolute Gasteiger partial charge is 0.0164 e. The molecule has 0 bridgehead atoms. The third kappa shape index (κ3) is 3.49. The van der Waals surface area contributed by atoms with Crippen molar-refractivity contribution in [2.24, 2.45) is 0 Å². The Morgan fingerprint density at radius 3 is 2.69 bits per heavy atom. The Morgan fingerprint density at radius 1 is 1.38 bits per heavy atom. The van der Waals surface area contributed by atoms with Crippen molar-refractivity contribution in [3.63, 3.8) is 0 Å². The molecule has 1 aliphatic carbocycles. The molecule has 86 valence electrons. The fourth-order valence-electron chi connectivity index (χ4n) is 1.93. The minimum atomic E-state index is 0.516. The molecule has 1 aromatic rings. The summed E-state index contributed by atoms with van der Waals surface area (Å²) in [7, 11) is 0. The molecule has 0 aliphatic heterocycles. The Morgan fingerprint density at radius 2 is 2.06 bits per heavy atom. The molecule has 0 saturated heterocycles. The second-order valence-electron chi connectivity index (χ2n) is 4.87. The highest BCUT2D eigenvalue weighted by Crippen LogP contribution is 2.20. The summed E-state index contributed by atoms with van der Waals surface area (Å²) < 4.78 is 0. The lowest BCUT2D eigenvalue weighted by Gasteiger charge is -2.09. The summed E-state index contributed by atoms with van der Waals surface area (Å²) >= 11 is 0. The number of benzene rings is 1. The van der Waals surface area contributed by atoms with Crippen LogP contribution in [0.3, 0.4) is 0 Å². The highest BCUT2D eigenvalue weighted by atomic mass is 14.9. The first-order chi connectivity index (χ1) is 7.75. The van der Waals surface area contributed by atoms with Crippen LogP contribution in [-0.4, -0.2) is 12.6 Å². The van der Waals surface area contributed by atoms with E-state index in [0.29, 0.717) is 5.92 Å². The van der Waals surface area contributed by atoms with Gasteiger partial charge in [0.15, 0.2) is 0 Å². The molecule has 0 radical (unpaired) electrons. The van der Waals surface area contributed by atoms with Crippen molar-refractivity contribution in [2.75, 3.05) is 6.54 Å². The molecule has 0 aromatic heterocycles. The SMILES string of the molecule is C/C(=C/C(C)c1ccccc1)CNC1CC1. The van der Waals surface area contributed by atoms with Gasteiger partial charge in [0.05, 0.1) is 0 Å². The molecule has 2 rings (SSSR count). The zero-order valence-corrected chi connectivity index (χ0v) is 10.2. The van der Waals surface area contributed by atoms with Gasteiger partial charge in [0.1, 0.15) is 0 Å². The third-order valence-electron chi connectivity index (χ3n) is 3.11. The van der Waals surface area contributed by atoms with Gasteiger partial charge in [-0.1, -0.05) is 48.9 Å². The summed E-state index contributed by atoms with van der Waals surface area (Å²) in [5.41, 5.74) is 2.84. The van der Waals surface area contributed by atoms with Crippen molar-refractivity contribution in [3.8, 4) is 0 Å². The first-order valence-electron chi connectivity index (χ1n) is 6.21. The quantitative estimate of drug-likeness (QED) is 0.741. The summed E-state index contributed by atoms with van der Waals surface area (Å²) in [4.78, 5) is 0. The Hall–Kier alpha value is -1.08. The Balaban J connectivity index is 1.88. The molecule has 0 heterocycles. The zero-order chi connectivity index (χ0) is 11.4. The number of rotatable bonds is 5. The van der Waals surface area contributed by atoms with Crippen molar-refractivity contribution in [1.29, 1.82) is 0 Å². The normalized spacial score (nSPS) is 18.5.